The Morgan fingerprint density at radius 3 is 1.34 bits per heavy atom. The van der Waals surface area contributed by atoms with Gasteiger partial charge in [0.15, 0.2) is 0 Å². The van der Waals surface area contributed by atoms with E-state index >= 15 is 0 Å². The number of rotatable bonds is 0. The molecule has 4 heterocycles. The summed E-state index contributed by atoms with van der Waals surface area (Å²) in [5.41, 5.74) is -0.417. The van der Waals surface area contributed by atoms with Crippen molar-refractivity contribution in [2.45, 2.75) is 57.8 Å². The highest BCUT2D eigenvalue weighted by Gasteiger charge is 2.28. The second-order valence-electron chi connectivity index (χ2n) is 9.64. The smallest absolute Gasteiger partial charge is 0.285 e. The first-order valence-corrected chi connectivity index (χ1v) is 12.0. The molecule has 4 aromatic heterocycles. The molecule has 0 spiro atoms. The van der Waals surface area contributed by atoms with Crippen molar-refractivity contribution >= 4 is 33.1 Å². The monoisotopic (exact) mass is 468 g/mol. The van der Waals surface area contributed by atoms with Crippen LogP contribution in [0.15, 0.2) is 19.2 Å². The Labute approximate surface area is 195 Å². The molecule has 5 aromatic rings. The molecule has 10 heteroatoms. The molecule has 2 aliphatic rings. The minimum absolute atomic E-state index is 0.0263. The number of hydrogen-bond donors (Lipinski definition) is 2. The zero-order valence-corrected chi connectivity index (χ0v) is 18.8. The van der Waals surface area contributed by atoms with Crippen molar-refractivity contribution in [2.75, 3.05) is 0 Å². The predicted molar refractivity (Wildman–Crippen MR) is 127 cm³/mol. The van der Waals surface area contributed by atoms with E-state index < -0.39 is 32.7 Å². The van der Waals surface area contributed by atoms with Crippen LogP contribution in [-0.4, -0.2) is 18.8 Å². The fourth-order valence-electron chi connectivity index (χ4n) is 6.23. The average molecular weight is 468 g/mol. The maximum absolute atomic E-state index is 13.8. The maximum Gasteiger partial charge on any atom is 0.285 e. The Bertz CT molecular complexity index is 2110. The summed E-state index contributed by atoms with van der Waals surface area (Å²) >= 11 is 0. The van der Waals surface area contributed by atoms with Crippen molar-refractivity contribution < 1.29 is 0 Å². The van der Waals surface area contributed by atoms with E-state index in [1.807, 2.05) is 0 Å². The lowest BCUT2D eigenvalue weighted by Gasteiger charge is -2.09. The van der Waals surface area contributed by atoms with Crippen LogP contribution >= 0.6 is 0 Å². The van der Waals surface area contributed by atoms with Gasteiger partial charge in [-0.1, -0.05) is 6.42 Å². The first kappa shape index (κ1) is 20.3. The number of benzene rings is 1. The van der Waals surface area contributed by atoms with Crippen molar-refractivity contribution in [1.29, 1.82) is 10.8 Å². The standard InChI is InChI=1S/C25H20N6O4/c26-20-10-6-2-1-3-8-12(10)22-28-24(34)14-16(30(20)22)18(32)15-17(19(14)33)31-21(27)11-7-4-5-9-13(11)23(31)29-25(15)35/h26-27H,1-9H2. The van der Waals surface area contributed by atoms with Gasteiger partial charge in [0.2, 0.25) is 10.9 Å². The van der Waals surface area contributed by atoms with Crippen LogP contribution in [0.25, 0.3) is 33.1 Å². The van der Waals surface area contributed by atoms with Gasteiger partial charge in [-0.25, -0.2) is 0 Å². The molecular formula is C25H20N6O4. The van der Waals surface area contributed by atoms with Crippen LogP contribution in [-0.2, 0) is 25.7 Å². The molecule has 0 saturated carbocycles. The van der Waals surface area contributed by atoms with Crippen molar-refractivity contribution in [3.8, 4) is 0 Å². The van der Waals surface area contributed by atoms with Crippen LogP contribution < -0.4 is 33.0 Å². The van der Waals surface area contributed by atoms with Crippen LogP contribution in [0.2, 0.25) is 0 Å². The quantitative estimate of drug-likeness (QED) is 0.244. The van der Waals surface area contributed by atoms with Gasteiger partial charge in [0.25, 0.3) is 11.1 Å². The second-order valence-corrected chi connectivity index (χ2v) is 9.64. The van der Waals surface area contributed by atoms with E-state index in [-0.39, 0.29) is 33.3 Å². The Hall–Kier alpha value is -4.08. The largest absolute Gasteiger partial charge is 0.287 e. The Balaban J connectivity index is 1.78. The van der Waals surface area contributed by atoms with Crippen LogP contribution in [0.4, 0.5) is 0 Å². The molecule has 7 rings (SSSR count). The zero-order chi connectivity index (χ0) is 24.2. The van der Waals surface area contributed by atoms with Gasteiger partial charge in [0, 0.05) is 22.3 Å². The van der Waals surface area contributed by atoms with Crippen molar-refractivity contribution in [3.05, 3.63) is 74.4 Å². The second kappa shape index (κ2) is 6.74. The molecule has 0 aliphatic heterocycles. The van der Waals surface area contributed by atoms with Gasteiger partial charge in [-0.05, 0) is 51.4 Å². The molecule has 2 N–H and O–H groups in total. The third kappa shape index (κ3) is 2.38. The van der Waals surface area contributed by atoms with Gasteiger partial charge in [-0.2, -0.15) is 9.97 Å². The highest BCUT2D eigenvalue weighted by molar-refractivity contribution is 5.96. The summed E-state index contributed by atoms with van der Waals surface area (Å²) in [7, 11) is 0. The molecular weight excluding hydrogens is 448 g/mol. The van der Waals surface area contributed by atoms with Gasteiger partial charge in [-0.15, -0.1) is 0 Å². The lowest BCUT2D eigenvalue weighted by atomic mass is 9.95. The number of aromatic nitrogens is 4. The molecule has 35 heavy (non-hydrogen) atoms. The number of fused-ring (bicyclic) bond motifs is 10. The zero-order valence-electron chi connectivity index (χ0n) is 18.8. The van der Waals surface area contributed by atoms with E-state index in [1.165, 1.54) is 8.80 Å². The number of nitrogens with one attached hydrogen (secondary N) is 2. The number of nitrogens with zero attached hydrogens (tertiary/aromatic N) is 4. The van der Waals surface area contributed by atoms with Crippen LogP contribution in [0.5, 0.6) is 0 Å². The lowest BCUT2D eigenvalue weighted by Crippen LogP contribution is -2.33. The highest BCUT2D eigenvalue weighted by atomic mass is 16.1. The van der Waals surface area contributed by atoms with Crippen LogP contribution in [0.3, 0.4) is 0 Å². The molecule has 2 aliphatic carbocycles. The summed E-state index contributed by atoms with van der Waals surface area (Å²) in [4.78, 5) is 62.4. The van der Waals surface area contributed by atoms with Gasteiger partial charge in [-0.3, -0.25) is 38.8 Å². The Morgan fingerprint density at radius 1 is 0.543 bits per heavy atom. The summed E-state index contributed by atoms with van der Waals surface area (Å²) in [5, 5.41) is 16.6. The Kier molecular flexibility index (Phi) is 3.91. The summed E-state index contributed by atoms with van der Waals surface area (Å²) in [6, 6.07) is 0. The molecule has 0 bridgehead atoms. The maximum atomic E-state index is 13.8. The molecule has 0 amide bonds. The summed E-state index contributed by atoms with van der Waals surface area (Å²) in [6.07, 6.45) is 7.05. The van der Waals surface area contributed by atoms with Crippen molar-refractivity contribution in [2.24, 2.45) is 0 Å². The normalized spacial score (nSPS) is 16.2. The van der Waals surface area contributed by atoms with Gasteiger partial charge in [0.05, 0.1) is 0 Å². The third-order valence-electron chi connectivity index (χ3n) is 7.82. The number of hydrogen-bond acceptors (Lipinski definition) is 8. The summed E-state index contributed by atoms with van der Waals surface area (Å²) in [5.74, 6) is 0. The van der Waals surface area contributed by atoms with E-state index in [4.69, 9.17) is 10.8 Å². The fourth-order valence-corrected chi connectivity index (χ4v) is 6.23. The minimum Gasteiger partial charge on any atom is -0.287 e. The van der Waals surface area contributed by atoms with Crippen LogP contribution in [0.1, 0.15) is 54.4 Å². The van der Waals surface area contributed by atoms with Crippen molar-refractivity contribution in [1.82, 2.24) is 18.8 Å². The van der Waals surface area contributed by atoms with Gasteiger partial charge < -0.3 is 0 Å². The molecule has 0 fully saturated rings. The molecule has 0 unspecified atom stereocenters. The molecule has 0 radical (unpaired) electrons. The topological polar surface area (TPSA) is 151 Å². The first-order valence-electron chi connectivity index (χ1n) is 12.0. The molecule has 174 valence electrons. The minimum atomic E-state index is -0.847. The van der Waals surface area contributed by atoms with E-state index in [0.717, 1.165) is 54.4 Å². The van der Waals surface area contributed by atoms with Crippen LogP contribution in [0, 0.1) is 10.8 Å². The molecule has 1 aromatic carbocycles. The van der Waals surface area contributed by atoms with E-state index in [2.05, 4.69) is 9.97 Å². The number of aryl methyl sites for hydroxylation is 2. The first-order chi connectivity index (χ1) is 16.9. The predicted octanol–water partition coefficient (Wildman–Crippen LogP) is 0.149. The summed E-state index contributed by atoms with van der Waals surface area (Å²) < 4.78 is 2.55. The van der Waals surface area contributed by atoms with Gasteiger partial charge >= 0.3 is 0 Å². The van der Waals surface area contributed by atoms with E-state index in [0.29, 0.717) is 25.7 Å². The average Bonchev–Trinajstić information content (AvgIpc) is 3.13. The highest BCUT2D eigenvalue weighted by Crippen LogP contribution is 2.25. The van der Waals surface area contributed by atoms with E-state index in [9.17, 15) is 19.2 Å². The molecule has 0 atom stereocenters. The SMILES string of the molecule is N=c1c2c(c3nc(=O)c4c(=O)c5c(c(=O)nc6c7c(c(=N)n65)CCCC7)c(=O)c4n13)CCCCC2. The van der Waals surface area contributed by atoms with Crippen molar-refractivity contribution in [3.63, 3.8) is 0 Å². The fraction of sp³-hybridized carbons (Fsp3) is 0.360. The lowest BCUT2D eigenvalue weighted by molar-refractivity contribution is 0.685. The van der Waals surface area contributed by atoms with Gasteiger partial charge in [0.1, 0.15) is 44.1 Å². The van der Waals surface area contributed by atoms with E-state index in [1.54, 1.807) is 0 Å². The third-order valence-corrected chi connectivity index (χ3v) is 7.82. The molecule has 10 nitrogen and oxygen atoms in total. The Morgan fingerprint density at radius 2 is 0.914 bits per heavy atom. The summed E-state index contributed by atoms with van der Waals surface area (Å²) in [6.45, 7) is 0. The molecule has 0 saturated heterocycles.